The summed E-state index contributed by atoms with van der Waals surface area (Å²) in [6.45, 7) is 7.14. The Kier molecular flexibility index (Phi) is 6.49. The second-order valence-electron chi connectivity index (χ2n) is 4.44. The first-order chi connectivity index (χ1) is 8.08. The van der Waals surface area contributed by atoms with Crippen LogP contribution in [-0.4, -0.2) is 12.6 Å². The van der Waals surface area contributed by atoms with Gasteiger partial charge in [-0.1, -0.05) is 38.3 Å². The third-order valence-corrected chi connectivity index (χ3v) is 4.31. The van der Waals surface area contributed by atoms with Crippen molar-refractivity contribution in [2.24, 2.45) is 11.7 Å². The van der Waals surface area contributed by atoms with Gasteiger partial charge < -0.3 is 10.5 Å². The Morgan fingerprint density at radius 2 is 2.00 bits per heavy atom. The van der Waals surface area contributed by atoms with Gasteiger partial charge in [0.1, 0.15) is 6.10 Å². The highest BCUT2D eigenvalue weighted by Gasteiger charge is 2.20. The maximum absolute atomic E-state index is 5.99. The zero-order chi connectivity index (χ0) is 12.8. The molecule has 0 bridgehead atoms. The van der Waals surface area contributed by atoms with E-state index in [1.165, 1.54) is 0 Å². The lowest BCUT2D eigenvalue weighted by atomic mass is 10.0. The molecule has 0 fully saturated rings. The van der Waals surface area contributed by atoms with Gasteiger partial charge in [-0.2, -0.15) is 0 Å². The molecule has 0 aliphatic carbocycles. The van der Waals surface area contributed by atoms with E-state index in [2.05, 4.69) is 13.8 Å². The normalized spacial score (nSPS) is 15.2. The molecule has 0 spiro atoms. The zero-order valence-corrected chi connectivity index (χ0v) is 12.4. The van der Waals surface area contributed by atoms with Crippen molar-refractivity contribution in [3.63, 3.8) is 0 Å². The standard InChI is InChI=1S/C13H22ClNOS/c1-4-10(5-2)8-16-13(9(3)15)11-6-7-12(14)17-11/h6-7,9-10,13H,4-5,8,15H2,1-3H3. The molecule has 0 amide bonds. The van der Waals surface area contributed by atoms with Gasteiger partial charge in [0, 0.05) is 10.9 Å². The van der Waals surface area contributed by atoms with Crippen LogP contribution < -0.4 is 5.73 Å². The number of hydrogen-bond donors (Lipinski definition) is 1. The average Bonchev–Trinajstić information content (AvgIpc) is 2.70. The smallest absolute Gasteiger partial charge is 0.106 e. The number of rotatable bonds is 7. The van der Waals surface area contributed by atoms with Gasteiger partial charge in [0.25, 0.3) is 0 Å². The molecule has 2 unspecified atom stereocenters. The Morgan fingerprint density at radius 3 is 2.41 bits per heavy atom. The summed E-state index contributed by atoms with van der Waals surface area (Å²) in [5, 5.41) is 0. The lowest BCUT2D eigenvalue weighted by Gasteiger charge is -2.23. The average molecular weight is 276 g/mol. The molecule has 1 heterocycles. The van der Waals surface area contributed by atoms with Crippen molar-refractivity contribution < 1.29 is 4.74 Å². The minimum atomic E-state index is -0.0342. The molecular weight excluding hydrogens is 254 g/mol. The summed E-state index contributed by atoms with van der Waals surface area (Å²) in [4.78, 5) is 1.12. The van der Waals surface area contributed by atoms with Crippen molar-refractivity contribution in [3.05, 3.63) is 21.3 Å². The molecule has 17 heavy (non-hydrogen) atoms. The van der Waals surface area contributed by atoms with Gasteiger partial charge in [0.05, 0.1) is 10.9 Å². The van der Waals surface area contributed by atoms with E-state index in [4.69, 9.17) is 22.1 Å². The van der Waals surface area contributed by atoms with Gasteiger partial charge in [-0.25, -0.2) is 0 Å². The van der Waals surface area contributed by atoms with E-state index in [0.717, 1.165) is 28.7 Å². The maximum atomic E-state index is 5.99. The molecule has 1 rings (SSSR count). The van der Waals surface area contributed by atoms with E-state index in [1.54, 1.807) is 11.3 Å². The lowest BCUT2D eigenvalue weighted by Crippen LogP contribution is -2.27. The first-order valence-corrected chi connectivity index (χ1v) is 7.40. The monoisotopic (exact) mass is 275 g/mol. The molecule has 2 nitrogen and oxygen atoms in total. The van der Waals surface area contributed by atoms with Gasteiger partial charge in [0.15, 0.2) is 0 Å². The summed E-state index contributed by atoms with van der Waals surface area (Å²) in [6, 6.07) is 3.89. The van der Waals surface area contributed by atoms with Crippen LogP contribution in [0.2, 0.25) is 4.34 Å². The molecule has 1 aromatic rings. The van der Waals surface area contributed by atoms with Crippen LogP contribution in [0, 0.1) is 5.92 Å². The number of ether oxygens (including phenoxy) is 1. The third kappa shape index (κ3) is 4.59. The Labute approximate surface area is 113 Å². The highest BCUT2D eigenvalue weighted by Crippen LogP contribution is 2.31. The van der Waals surface area contributed by atoms with Crippen LogP contribution >= 0.6 is 22.9 Å². The summed E-state index contributed by atoms with van der Waals surface area (Å²) >= 11 is 7.50. The highest BCUT2D eigenvalue weighted by atomic mass is 35.5. The fourth-order valence-electron chi connectivity index (χ4n) is 1.74. The SMILES string of the molecule is CCC(CC)COC(c1ccc(Cl)s1)C(C)N. The van der Waals surface area contributed by atoms with Crippen molar-refractivity contribution in [1.29, 1.82) is 0 Å². The number of nitrogens with two attached hydrogens (primary N) is 1. The molecule has 0 aliphatic rings. The van der Waals surface area contributed by atoms with E-state index >= 15 is 0 Å². The predicted molar refractivity (Wildman–Crippen MR) is 75.7 cm³/mol. The van der Waals surface area contributed by atoms with E-state index in [-0.39, 0.29) is 12.1 Å². The molecule has 0 radical (unpaired) electrons. The van der Waals surface area contributed by atoms with Crippen molar-refractivity contribution >= 4 is 22.9 Å². The summed E-state index contributed by atoms with van der Waals surface area (Å²) in [5.41, 5.74) is 5.99. The van der Waals surface area contributed by atoms with Gasteiger partial charge in [-0.05, 0) is 25.0 Å². The van der Waals surface area contributed by atoms with E-state index < -0.39 is 0 Å². The molecule has 1 aromatic heterocycles. The summed E-state index contributed by atoms with van der Waals surface area (Å²) in [6.07, 6.45) is 2.26. The number of halogens is 1. The molecule has 2 N–H and O–H groups in total. The minimum absolute atomic E-state index is 0.0147. The largest absolute Gasteiger partial charge is 0.371 e. The van der Waals surface area contributed by atoms with Crippen molar-refractivity contribution in [2.45, 2.75) is 45.8 Å². The number of hydrogen-bond acceptors (Lipinski definition) is 3. The van der Waals surface area contributed by atoms with Gasteiger partial charge in [0.2, 0.25) is 0 Å². The Bertz CT molecular complexity index is 323. The molecule has 2 atom stereocenters. The quantitative estimate of drug-likeness (QED) is 0.808. The molecule has 0 aromatic carbocycles. The Morgan fingerprint density at radius 1 is 1.35 bits per heavy atom. The summed E-state index contributed by atoms with van der Waals surface area (Å²) < 4.78 is 6.76. The van der Waals surface area contributed by atoms with E-state index in [9.17, 15) is 0 Å². The molecule has 98 valence electrons. The van der Waals surface area contributed by atoms with Crippen LogP contribution in [0.3, 0.4) is 0 Å². The molecular formula is C13H22ClNOS. The lowest BCUT2D eigenvalue weighted by molar-refractivity contribution is 0.0162. The maximum Gasteiger partial charge on any atom is 0.106 e. The fraction of sp³-hybridized carbons (Fsp3) is 0.692. The topological polar surface area (TPSA) is 35.2 Å². The van der Waals surface area contributed by atoms with E-state index in [0.29, 0.717) is 5.92 Å². The first-order valence-electron chi connectivity index (χ1n) is 6.20. The van der Waals surface area contributed by atoms with Crippen molar-refractivity contribution in [1.82, 2.24) is 0 Å². The highest BCUT2D eigenvalue weighted by molar-refractivity contribution is 7.16. The molecule has 0 aliphatic heterocycles. The van der Waals surface area contributed by atoms with Crippen molar-refractivity contribution in [3.8, 4) is 0 Å². The van der Waals surface area contributed by atoms with Crippen LogP contribution in [0.25, 0.3) is 0 Å². The van der Waals surface area contributed by atoms with E-state index in [1.807, 2.05) is 19.1 Å². The number of thiophene rings is 1. The Hall–Kier alpha value is -0.0900. The van der Waals surface area contributed by atoms with Crippen LogP contribution in [0.1, 0.15) is 44.6 Å². The first kappa shape index (κ1) is 15.0. The minimum Gasteiger partial charge on any atom is -0.371 e. The second-order valence-corrected chi connectivity index (χ2v) is 6.18. The fourth-order valence-corrected chi connectivity index (χ4v) is 2.96. The third-order valence-electron chi connectivity index (χ3n) is 3.02. The zero-order valence-electron chi connectivity index (χ0n) is 10.8. The summed E-state index contributed by atoms with van der Waals surface area (Å²) in [7, 11) is 0. The van der Waals surface area contributed by atoms with Gasteiger partial charge in [-0.3, -0.25) is 0 Å². The summed E-state index contributed by atoms with van der Waals surface area (Å²) in [5.74, 6) is 0.617. The van der Waals surface area contributed by atoms with Gasteiger partial charge >= 0.3 is 0 Å². The van der Waals surface area contributed by atoms with Crippen LogP contribution in [0.4, 0.5) is 0 Å². The molecule has 4 heteroatoms. The molecule has 0 saturated carbocycles. The van der Waals surface area contributed by atoms with Gasteiger partial charge in [-0.15, -0.1) is 11.3 Å². The molecule has 0 saturated heterocycles. The van der Waals surface area contributed by atoms with Crippen molar-refractivity contribution in [2.75, 3.05) is 6.61 Å². The van der Waals surface area contributed by atoms with Crippen LogP contribution in [0.15, 0.2) is 12.1 Å². The Balaban J connectivity index is 2.61. The van der Waals surface area contributed by atoms with Crippen LogP contribution in [-0.2, 0) is 4.74 Å². The van der Waals surface area contributed by atoms with Crippen LogP contribution in [0.5, 0.6) is 0 Å². The second kappa shape index (κ2) is 7.37. The predicted octanol–water partition coefficient (Wildman–Crippen LogP) is 4.24.